The summed E-state index contributed by atoms with van der Waals surface area (Å²) in [5.74, 6) is 1.56. The van der Waals surface area contributed by atoms with Crippen LogP contribution in [0.4, 0.5) is 5.69 Å². The van der Waals surface area contributed by atoms with E-state index < -0.39 is 5.56 Å². The number of carbonyl (C=O) groups is 1. The Morgan fingerprint density at radius 1 is 1.40 bits per heavy atom. The van der Waals surface area contributed by atoms with E-state index in [9.17, 15) is 9.59 Å². The molecule has 0 saturated heterocycles. The van der Waals surface area contributed by atoms with Gasteiger partial charge in [-0.2, -0.15) is 10.2 Å². The zero-order valence-corrected chi connectivity index (χ0v) is 18.5. The maximum atomic E-state index is 12.7. The van der Waals surface area contributed by atoms with Crippen molar-refractivity contribution in [3.63, 3.8) is 0 Å². The molecule has 0 aliphatic heterocycles. The number of amides is 1. The first-order valence-corrected chi connectivity index (χ1v) is 10.9. The summed E-state index contributed by atoms with van der Waals surface area (Å²) in [6.45, 7) is 8.63. The van der Waals surface area contributed by atoms with Crippen molar-refractivity contribution in [2.45, 2.75) is 59.2 Å². The molecular weight excluding hydrogens is 404 g/mol. The highest BCUT2D eigenvalue weighted by Crippen LogP contribution is 2.61. The van der Waals surface area contributed by atoms with Crippen molar-refractivity contribution in [2.24, 2.45) is 23.2 Å². The van der Waals surface area contributed by atoms with Gasteiger partial charge in [0.05, 0.1) is 24.1 Å². The number of carbonyl (C=O) groups excluding carboxylic acids is 1. The molecule has 3 aliphatic carbocycles. The van der Waals surface area contributed by atoms with E-state index >= 15 is 0 Å². The van der Waals surface area contributed by atoms with Gasteiger partial charge in [0.2, 0.25) is 5.91 Å². The number of hydrogen-bond acceptors (Lipinski definition) is 5. The molecule has 2 bridgehead atoms. The van der Waals surface area contributed by atoms with Gasteiger partial charge in [0.15, 0.2) is 0 Å². The van der Waals surface area contributed by atoms with Crippen LogP contribution in [0.2, 0.25) is 5.02 Å². The SMILES string of the molecule is CC(NC(=O)Cn1ncc(N[C@@H]2C[C@H]3C[C@H]([C@@H]2C)C3(C)C)c(Cl)c1=O)c1cn[nH]c1. The smallest absolute Gasteiger partial charge is 0.288 e. The zero-order valence-electron chi connectivity index (χ0n) is 17.8. The number of rotatable bonds is 6. The third-order valence-electron chi connectivity index (χ3n) is 7.37. The van der Waals surface area contributed by atoms with Crippen molar-refractivity contribution < 1.29 is 4.79 Å². The van der Waals surface area contributed by atoms with Gasteiger partial charge in [0, 0.05) is 17.8 Å². The second-order valence-electron chi connectivity index (χ2n) is 9.36. The minimum atomic E-state index is -0.471. The number of aromatic nitrogens is 4. The molecule has 9 heteroatoms. The fourth-order valence-corrected chi connectivity index (χ4v) is 5.42. The largest absolute Gasteiger partial charge is 0.379 e. The Labute approximate surface area is 180 Å². The molecule has 0 aromatic carbocycles. The molecular formula is C21H29ClN6O2. The number of fused-ring (bicyclic) bond motifs is 2. The van der Waals surface area contributed by atoms with Crippen LogP contribution in [0, 0.1) is 23.2 Å². The number of aromatic amines is 1. The van der Waals surface area contributed by atoms with E-state index in [4.69, 9.17) is 11.6 Å². The molecule has 30 heavy (non-hydrogen) atoms. The molecule has 2 aromatic rings. The Hall–Kier alpha value is -2.35. The summed E-state index contributed by atoms with van der Waals surface area (Å²) in [4.78, 5) is 25.0. The van der Waals surface area contributed by atoms with Crippen LogP contribution in [0.25, 0.3) is 0 Å². The van der Waals surface area contributed by atoms with Crippen LogP contribution < -0.4 is 16.2 Å². The van der Waals surface area contributed by atoms with E-state index in [1.54, 1.807) is 18.6 Å². The summed E-state index contributed by atoms with van der Waals surface area (Å²) in [6.07, 6.45) is 7.26. The number of nitrogens with zero attached hydrogens (tertiary/aromatic N) is 3. The Morgan fingerprint density at radius 3 is 2.80 bits per heavy atom. The molecule has 5 atom stereocenters. The van der Waals surface area contributed by atoms with Gasteiger partial charge < -0.3 is 10.6 Å². The van der Waals surface area contributed by atoms with Gasteiger partial charge >= 0.3 is 0 Å². The highest BCUT2D eigenvalue weighted by Gasteiger charge is 2.56. The molecule has 5 rings (SSSR count). The maximum absolute atomic E-state index is 12.7. The maximum Gasteiger partial charge on any atom is 0.288 e. The summed E-state index contributed by atoms with van der Waals surface area (Å²) < 4.78 is 1.09. The average molecular weight is 433 g/mol. The van der Waals surface area contributed by atoms with Crippen LogP contribution in [-0.4, -0.2) is 31.9 Å². The van der Waals surface area contributed by atoms with Crippen LogP contribution in [0.1, 0.15) is 52.1 Å². The first-order chi connectivity index (χ1) is 14.2. The van der Waals surface area contributed by atoms with Gasteiger partial charge in [0.25, 0.3) is 5.56 Å². The molecule has 3 N–H and O–H groups in total. The van der Waals surface area contributed by atoms with Crippen LogP contribution in [0.5, 0.6) is 0 Å². The summed E-state index contributed by atoms with van der Waals surface area (Å²) in [7, 11) is 0. The van der Waals surface area contributed by atoms with E-state index in [0.29, 0.717) is 28.9 Å². The minimum absolute atomic E-state index is 0.0754. The van der Waals surface area contributed by atoms with Crippen molar-refractivity contribution in [3.8, 4) is 0 Å². The quantitative estimate of drug-likeness (QED) is 0.650. The van der Waals surface area contributed by atoms with Gasteiger partial charge in [-0.25, -0.2) is 4.68 Å². The van der Waals surface area contributed by atoms with Crippen molar-refractivity contribution in [1.29, 1.82) is 0 Å². The second-order valence-corrected chi connectivity index (χ2v) is 9.74. The first-order valence-electron chi connectivity index (χ1n) is 10.5. The molecule has 3 saturated carbocycles. The Morgan fingerprint density at radius 2 is 2.17 bits per heavy atom. The number of nitrogens with one attached hydrogen (secondary N) is 3. The van der Waals surface area contributed by atoms with Crippen LogP contribution in [0.3, 0.4) is 0 Å². The van der Waals surface area contributed by atoms with Gasteiger partial charge in [0.1, 0.15) is 11.6 Å². The third-order valence-corrected chi connectivity index (χ3v) is 7.74. The minimum Gasteiger partial charge on any atom is -0.379 e. The third kappa shape index (κ3) is 3.62. The van der Waals surface area contributed by atoms with Gasteiger partial charge in [-0.3, -0.25) is 14.7 Å². The normalized spacial score (nSPS) is 27.8. The Bertz CT molecular complexity index is 986. The van der Waals surface area contributed by atoms with E-state index in [2.05, 4.69) is 46.7 Å². The summed E-state index contributed by atoms with van der Waals surface area (Å²) in [6, 6.07) is 0.0438. The van der Waals surface area contributed by atoms with Crippen LogP contribution in [0.15, 0.2) is 23.4 Å². The fourth-order valence-electron chi connectivity index (χ4n) is 5.22. The topological polar surface area (TPSA) is 105 Å². The Kier molecular flexibility index (Phi) is 5.38. The van der Waals surface area contributed by atoms with Crippen molar-refractivity contribution in [3.05, 3.63) is 39.5 Å². The lowest BCUT2D eigenvalue weighted by Gasteiger charge is -2.62. The number of halogens is 1. The molecule has 2 aromatic heterocycles. The van der Waals surface area contributed by atoms with Crippen molar-refractivity contribution in [2.75, 3.05) is 5.32 Å². The molecule has 162 valence electrons. The van der Waals surface area contributed by atoms with Gasteiger partial charge in [-0.1, -0.05) is 32.4 Å². The van der Waals surface area contributed by atoms with Gasteiger partial charge in [-0.15, -0.1) is 0 Å². The molecule has 2 heterocycles. The molecule has 1 unspecified atom stereocenters. The molecule has 1 amide bonds. The molecule has 0 spiro atoms. The first kappa shape index (κ1) is 20.9. The number of hydrogen-bond donors (Lipinski definition) is 3. The molecule has 0 radical (unpaired) electrons. The van der Waals surface area contributed by atoms with Crippen molar-refractivity contribution >= 4 is 23.2 Å². The summed E-state index contributed by atoms with van der Waals surface area (Å²) in [5, 5.41) is 17.1. The monoisotopic (exact) mass is 432 g/mol. The van der Waals surface area contributed by atoms with E-state index in [1.165, 1.54) is 6.42 Å². The van der Waals surface area contributed by atoms with Crippen molar-refractivity contribution in [1.82, 2.24) is 25.3 Å². The molecule has 3 aliphatic rings. The number of anilines is 1. The van der Waals surface area contributed by atoms with E-state index in [1.807, 2.05) is 6.92 Å². The zero-order chi connectivity index (χ0) is 21.6. The average Bonchev–Trinajstić information content (AvgIpc) is 3.23. The van der Waals surface area contributed by atoms with E-state index in [0.717, 1.165) is 16.7 Å². The molecule has 8 nitrogen and oxygen atoms in total. The lowest BCUT2D eigenvalue weighted by atomic mass is 9.45. The van der Waals surface area contributed by atoms with Crippen LogP contribution >= 0.6 is 11.6 Å². The van der Waals surface area contributed by atoms with Crippen LogP contribution in [-0.2, 0) is 11.3 Å². The predicted octanol–water partition coefficient (Wildman–Crippen LogP) is 2.98. The second kappa shape index (κ2) is 7.72. The number of H-pyrrole nitrogens is 1. The predicted molar refractivity (Wildman–Crippen MR) is 115 cm³/mol. The summed E-state index contributed by atoms with van der Waals surface area (Å²) >= 11 is 6.36. The molecule has 3 fully saturated rings. The highest BCUT2D eigenvalue weighted by molar-refractivity contribution is 6.32. The summed E-state index contributed by atoms with van der Waals surface area (Å²) in [5.41, 5.74) is 1.32. The highest BCUT2D eigenvalue weighted by atomic mass is 35.5. The Balaban J connectivity index is 1.41. The van der Waals surface area contributed by atoms with E-state index in [-0.39, 0.29) is 29.6 Å². The lowest BCUT2D eigenvalue weighted by molar-refractivity contribution is -0.122. The standard InChI is InChI=1S/C21H29ClN6O2/c1-11-15-5-14(21(15,3)4)6-16(11)27-17-9-25-28(20(30)19(17)22)10-18(29)26-12(2)13-7-23-24-8-13/h7-9,11-12,14-16,27H,5-6,10H2,1-4H3,(H,23,24)(H,26,29)/t11-,12?,14+,15+,16+/m0/s1. The lowest BCUT2D eigenvalue weighted by Crippen LogP contribution is -2.58. The van der Waals surface area contributed by atoms with Gasteiger partial charge in [-0.05, 0) is 42.9 Å². The fraction of sp³-hybridized carbons (Fsp3) is 0.619.